The quantitative estimate of drug-likeness (QED) is 0.414. The summed E-state index contributed by atoms with van der Waals surface area (Å²) in [6.07, 6.45) is 0. The van der Waals surface area contributed by atoms with Crippen molar-refractivity contribution in [3.8, 4) is 0 Å². The second-order valence-corrected chi connectivity index (χ2v) is 2.36. The average molecular weight is 178 g/mol. The molecule has 0 fully saturated rings. The van der Waals surface area contributed by atoms with Crippen molar-refractivity contribution in [1.29, 1.82) is 0 Å². The van der Waals surface area contributed by atoms with Gasteiger partial charge in [-0.2, -0.15) is 8.42 Å². The van der Waals surface area contributed by atoms with Crippen LogP contribution in [0.4, 0.5) is 0 Å². The number of hydrogen-bond acceptors (Lipinski definition) is 3. The molecular weight excluding hydrogens is 167 g/mol. The molecule has 10 heavy (non-hydrogen) atoms. The molecule has 0 bridgehead atoms. The predicted molar refractivity (Wildman–Crippen MR) is 41.7 cm³/mol. The second-order valence-electron chi connectivity index (χ2n) is 0.998. The fourth-order valence-corrected chi connectivity index (χ4v) is 0. The summed E-state index contributed by atoms with van der Waals surface area (Å²) in [5.41, 5.74) is 0. The van der Waals surface area contributed by atoms with Gasteiger partial charge in [0, 0.05) is 6.61 Å². The third-order valence-corrected chi connectivity index (χ3v) is 0.632. The third kappa shape index (κ3) is 38.3. The molecule has 0 rings (SSSR count). The Labute approximate surface area is 83.0 Å². The van der Waals surface area contributed by atoms with Crippen molar-refractivity contribution in [3.63, 3.8) is 0 Å². The van der Waals surface area contributed by atoms with E-state index in [0.717, 1.165) is 0 Å². The monoisotopic (exact) mass is 178 g/mol. The Morgan fingerprint density at radius 2 is 1.70 bits per heavy atom. The molecular formula is C4H11NaO4S. The zero-order valence-electron chi connectivity index (χ0n) is 5.11. The molecule has 0 saturated heterocycles. The van der Waals surface area contributed by atoms with Crippen LogP contribution in [0.25, 0.3) is 0 Å². The van der Waals surface area contributed by atoms with Crippen molar-refractivity contribution in [2.24, 2.45) is 0 Å². The van der Waals surface area contributed by atoms with E-state index in [1.165, 1.54) is 0 Å². The Morgan fingerprint density at radius 1 is 1.60 bits per heavy atom. The van der Waals surface area contributed by atoms with Gasteiger partial charge in [0.2, 0.25) is 0 Å². The fourth-order valence-electron chi connectivity index (χ4n) is 0. The molecule has 0 aromatic carbocycles. The number of rotatable bonds is 1. The van der Waals surface area contributed by atoms with E-state index in [9.17, 15) is 8.42 Å². The Kier molecular flexibility index (Phi) is 16.3. The third-order valence-electron chi connectivity index (χ3n) is 0.211. The first-order valence-corrected chi connectivity index (χ1v) is 3.69. The summed E-state index contributed by atoms with van der Waals surface area (Å²) in [5, 5.41) is 8.03. The van der Waals surface area contributed by atoms with Crippen LogP contribution in [0, 0.1) is 0 Å². The Hall–Kier alpha value is 0.610. The minimum absolute atomic E-state index is 0. The summed E-state index contributed by atoms with van der Waals surface area (Å²) in [5.74, 6) is 0. The van der Waals surface area contributed by atoms with E-state index < -0.39 is 10.1 Å². The summed E-state index contributed by atoms with van der Waals surface area (Å²) < 4.78 is 26.6. The topological polar surface area (TPSA) is 74.6 Å². The molecule has 0 amide bonds. The minimum atomic E-state index is -3.90. The Balaban J connectivity index is -0.000000107. The van der Waals surface area contributed by atoms with Gasteiger partial charge in [0.05, 0.1) is 5.41 Å². The normalized spacial score (nSPS) is 8.30. The molecule has 0 aromatic heterocycles. The Morgan fingerprint density at radius 3 is 1.70 bits per heavy atom. The molecule has 0 spiro atoms. The molecule has 0 radical (unpaired) electrons. The molecule has 58 valence electrons. The van der Waals surface area contributed by atoms with Crippen molar-refractivity contribution in [2.75, 3.05) is 6.61 Å². The summed E-state index contributed by atoms with van der Waals surface area (Å²) in [7, 11) is -3.90. The molecule has 0 aliphatic heterocycles. The SMILES string of the molecule is C=CS(=O)(=O)O.CCO.[NaH]. The molecule has 0 aliphatic rings. The van der Waals surface area contributed by atoms with E-state index in [4.69, 9.17) is 9.66 Å². The van der Waals surface area contributed by atoms with E-state index in [0.29, 0.717) is 5.41 Å². The summed E-state index contributed by atoms with van der Waals surface area (Å²) >= 11 is 0. The van der Waals surface area contributed by atoms with Crippen LogP contribution < -0.4 is 0 Å². The second kappa shape index (κ2) is 9.61. The van der Waals surface area contributed by atoms with E-state index in [2.05, 4.69) is 6.58 Å². The molecule has 0 saturated carbocycles. The van der Waals surface area contributed by atoms with E-state index in [1.807, 2.05) is 0 Å². The van der Waals surface area contributed by atoms with Gasteiger partial charge in [-0.05, 0) is 6.92 Å². The van der Waals surface area contributed by atoms with Gasteiger partial charge in [0.15, 0.2) is 0 Å². The first-order valence-electron chi connectivity index (χ1n) is 2.18. The number of aliphatic hydroxyl groups excluding tert-OH is 1. The molecule has 0 heterocycles. The first-order chi connectivity index (χ1) is 3.97. The van der Waals surface area contributed by atoms with Gasteiger partial charge in [0.25, 0.3) is 10.1 Å². The van der Waals surface area contributed by atoms with Crippen molar-refractivity contribution < 1.29 is 18.1 Å². The molecule has 2 N–H and O–H groups in total. The van der Waals surface area contributed by atoms with Crippen molar-refractivity contribution >= 4 is 39.7 Å². The molecule has 0 atom stereocenters. The van der Waals surface area contributed by atoms with Gasteiger partial charge in [-0.3, -0.25) is 4.55 Å². The van der Waals surface area contributed by atoms with Crippen LogP contribution in [-0.2, 0) is 10.1 Å². The van der Waals surface area contributed by atoms with Crippen molar-refractivity contribution in [2.45, 2.75) is 6.92 Å². The average Bonchev–Trinajstić information content (AvgIpc) is 1.67. The summed E-state index contributed by atoms with van der Waals surface area (Å²) in [6.45, 7) is 4.72. The van der Waals surface area contributed by atoms with Gasteiger partial charge in [-0.1, -0.05) is 6.58 Å². The van der Waals surface area contributed by atoms with Gasteiger partial charge in [-0.25, -0.2) is 0 Å². The van der Waals surface area contributed by atoms with Crippen molar-refractivity contribution in [3.05, 3.63) is 12.0 Å². The molecule has 0 aromatic rings. The van der Waals surface area contributed by atoms with Crippen LogP contribution >= 0.6 is 0 Å². The fraction of sp³-hybridized carbons (Fsp3) is 0.500. The van der Waals surface area contributed by atoms with Crippen LogP contribution in [0.5, 0.6) is 0 Å². The number of hydrogen-bond donors (Lipinski definition) is 2. The zero-order valence-corrected chi connectivity index (χ0v) is 5.93. The predicted octanol–water partition coefficient (Wildman–Crippen LogP) is -0.632. The summed E-state index contributed by atoms with van der Waals surface area (Å²) in [4.78, 5) is 0. The van der Waals surface area contributed by atoms with E-state index in [-0.39, 0.29) is 36.2 Å². The van der Waals surface area contributed by atoms with Gasteiger partial charge in [0.1, 0.15) is 0 Å². The van der Waals surface area contributed by atoms with Gasteiger partial charge < -0.3 is 5.11 Å². The molecule has 0 aliphatic carbocycles. The Bertz CT molecular complexity index is 139. The van der Waals surface area contributed by atoms with Crippen LogP contribution in [0.3, 0.4) is 0 Å². The molecule has 4 nitrogen and oxygen atoms in total. The zero-order chi connectivity index (χ0) is 7.91. The van der Waals surface area contributed by atoms with E-state index >= 15 is 0 Å². The number of aliphatic hydroxyl groups is 1. The van der Waals surface area contributed by atoms with Crippen LogP contribution in [0.2, 0.25) is 0 Å². The van der Waals surface area contributed by atoms with Crippen molar-refractivity contribution in [1.82, 2.24) is 0 Å². The van der Waals surface area contributed by atoms with Gasteiger partial charge >= 0.3 is 29.6 Å². The van der Waals surface area contributed by atoms with Crippen LogP contribution in [-0.4, -0.2) is 54.2 Å². The van der Waals surface area contributed by atoms with Crippen LogP contribution in [0.1, 0.15) is 6.92 Å². The standard InChI is InChI=1S/C2H4O3S.C2H6O.Na.H/c1-2-6(3,4)5;1-2-3;;/h2H,1H2,(H,3,4,5);3H,2H2,1H3;;. The molecule has 0 unspecified atom stereocenters. The maximum atomic E-state index is 9.44. The first kappa shape index (κ1) is 16.9. The summed E-state index contributed by atoms with van der Waals surface area (Å²) in [6, 6.07) is 0. The molecule has 6 heteroatoms. The van der Waals surface area contributed by atoms with Gasteiger partial charge in [-0.15, -0.1) is 0 Å². The van der Waals surface area contributed by atoms with E-state index in [1.54, 1.807) is 6.92 Å². The maximum absolute atomic E-state index is 9.44. The van der Waals surface area contributed by atoms with Crippen LogP contribution in [0.15, 0.2) is 12.0 Å².